The van der Waals surface area contributed by atoms with Crippen LogP contribution in [-0.2, 0) is 0 Å². The first-order valence-electron chi connectivity index (χ1n) is 4.01. The number of fused-ring (bicyclic) bond motifs is 1. The Balaban J connectivity index is 2.88. The number of nitro groups is 1. The molecular weight excluding hydrogens is 220 g/mol. The molecule has 1 heterocycles. The molecule has 1 aromatic carbocycles. The third-order valence-corrected chi connectivity index (χ3v) is 2.29. The van der Waals surface area contributed by atoms with E-state index in [-0.39, 0.29) is 17.0 Å². The highest BCUT2D eigenvalue weighted by Gasteiger charge is 2.15. The average Bonchev–Trinajstić information content (AvgIpc) is 2.19. The Morgan fingerprint density at radius 3 is 2.87 bits per heavy atom. The number of non-ortho nitro benzene ring substituents is 1. The molecule has 0 fully saturated rings. The van der Waals surface area contributed by atoms with E-state index >= 15 is 0 Å². The van der Waals surface area contributed by atoms with Crippen LogP contribution in [0.2, 0.25) is 5.02 Å². The number of hydrogen-bond donors (Lipinski definition) is 1. The van der Waals surface area contributed by atoms with E-state index in [1.54, 1.807) is 0 Å². The minimum Gasteiger partial charge on any atom is -0.506 e. The maximum absolute atomic E-state index is 10.7. The maximum atomic E-state index is 10.7. The van der Waals surface area contributed by atoms with Crippen molar-refractivity contribution in [1.82, 2.24) is 4.98 Å². The number of pyridine rings is 1. The standard InChI is InChI=1S/C9H5ClN2O3/c10-7-1-2-8(12(14)15)9-6(7)3-5(13)4-11-9/h1-4,13H. The van der Waals surface area contributed by atoms with Crippen LogP contribution in [0, 0.1) is 10.1 Å². The van der Waals surface area contributed by atoms with Crippen molar-refractivity contribution in [3.05, 3.63) is 39.5 Å². The van der Waals surface area contributed by atoms with Gasteiger partial charge in [0, 0.05) is 11.5 Å². The Kier molecular flexibility index (Phi) is 2.17. The molecule has 0 radical (unpaired) electrons. The fourth-order valence-electron chi connectivity index (χ4n) is 1.31. The van der Waals surface area contributed by atoms with E-state index in [0.29, 0.717) is 10.4 Å². The summed E-state index contributed by atoms with van der Waals surface area (Å²) in [7, 11) is 0. The lowest BCUT2D eigenvalue weighted by Gasteiger charge is -2.01. The van der Waals surface area contributed by atoms with Gasteiger partial charge in [0.1, 0.15) is 11.3 Å². The third-order valence-electron chi connectivity index (χ3n) is 1.96. The van der Waals surface area contributed by atoms with Gasteiger partial charge in [-0.15, -0.1) is 0 Å². The number of halogens is 1. The van der Waals surface area contributed by atoms with Gasteiger partial charge in [0.2, 0.25) is 0 Å². The summed E-state index contributed by atoms with van der Waals surface area (Å²) >= 11 is 5.83. The molecule has 0 bridgehead atoms. The zero-order valence-electron chi connectivity index (χ0n) is 7.35. The maximum Gasteiger partial charge on any atom is 0.295 e. The number of nitro benzene ring substituents is 1. The van der Waals surface area contributed by atoms with E-state index in [9.17, 15) is 15.2 Å². The van der Waals surface area contributed by atoms with Crippen molar-refractivity contribution in [3.8, 4) is 5.75 Å². The summed E-state index contributed by atoms with van der Waals surface area (Å²) in [5.74, 6) is -0.0788. The van der Waals surface area contributed by atoms with Crippen molar-refractivity contribution in [2.75, 3.05) is 0 Å². The summed E-state index contributed by atoms with van der Waals surface area (Å²) in [5.41, 5.74) is 0.0414. The number of aromatic nitrogens is 1. The fourth-order valence-corrected chi connectivity index (χ4v) is 1.52. The zero-order valence-corrected chi connectivity index (χ0v) is 8.10. The van der Waals surface area contributed by atoms with E-state index < -0.39 is 4.92 Å². The highest BCUT2D eigenvalue weighted by Crippen LogP contribution is 2.31. The Morgan fingerprint density at radius 2 is 2.20 bits per heavy atom. The number of aromatic hydroxyl groups is 1. The lowest BCUT2D eigenvalue weighted by atomic mass is 10.2. The van der Waals surface area contributed by atoms with Crippen LogP contribution in [0.25, 0.3) is 10.9 Å². The average molecular weight is 225 g/mol. The summed E-state index contributed by atoms with van der Waals surface area (Å²) in [6.07, 6.45) is 1.14. The minimum absolute atomic E-state index is 0.0788. The molecule has 0 unspecified atom stereocenters. The molecule has 0 amide bonds. The van der Waals surface area contributed by atoms with Gasteiger partial charge in [-0.3, -0.25) is 10.1 Å². The van der Waals surface area contributed by atoms with E-state index in [1.807, 2.05) is 0 Å². The van der Waals surface area contributed by atoms with Crippen LogP contribution in [0.3, 0.4) is 0 Å². The molecule has 2 aromatic rings. The predicted molar refractivity (Wildman–Crippen MR) is 55.1 cm³/mol. The summed E-state index contributed by atoms with van der Waals surface area (Å²) in [6.45, 7) is 0. The summed E-state index contributed by atoms with van der Waals surface area (Å²) in [4.78, 5) is 13.9. The van der Waals surface area contributed by atoms with Crippen LogP contribution < -0.4 is 0 Å². The highest BCUT2D eigenvalue weighted by atomic mass is 35.5. The van der Waals surface area contributed by atoms with Crippen LogP contribution >= 0.6 is 11.6 Å². The molecule has 1 aromatic heterocycles. The summed E-state index contributed by atoms with van der Waals surface area (Å²) < 4.78 is 0. The topological polar surface area (TPSA) is 76.3 Å². The van der Waals surface area contributed by atoms with Gasteiger partial charge in [0.25, 0.3) is 5.69 Å². The lowest BCUT2D eigenvalue weighted by molar-refractivity contribution is -0.383. The van der Waals surface area contributed by atoms with Gasteiger partial charge in [-0.05, 0) is 12.1 Å². The van der Waals surface area contributed by atoms with Crippen molar-refractivity contribution in [3.63, 3.8) is 0 Å². The molecule has 15 heavy (non-hydrogen) atoms. The molecule has 0 aliphatic carbocycles. The molecule has 5 nitrogen and oxygen atoms in total. The molecule has 0 atom stereocenters. The SMILES string of the molecule is O=[N+]([O-])c1ccc(Cl)c2cc(O)cnc12. The monoisotopic (exact) mass is 224 g/mol. The van der Waals surface area contributed by atoms with E-state index in [0.717, 1.165) is 6.20 Å². The van der Waals surface area contributed by atoms with Crippen LogP contribution in [-0.4, -0.2) is 15.0 Å². The first-order chi connectivity index (χ1) is 7.09. The number of hydrogen-bond acceptors (Lipinski definition) is 4. The summed E-state index contributed by atoms with van der Waals surface area (Å²) in [6, 6.07) is 4.04. The minimum atomic E-state index is -0.539. The van der Waals surface area contributed by atoms with E-state index in [1.165, 1.54) is 18.2 Å². The Morgan fingerprint density at radius 1 is 1.47 bits per heavy atom. The molecule has 0 saturated heterocycles. The molecule has 0 spiro atoms. The second-order valence-electron chi connectivity index (χ2n) is 2.91. The Labute approximate surface area is 89.1 Å². The molecule has 1 N–H and O–H groups in total. The molecule has 0 aliphatic rings. The van der Waals surface area contributed by atoms with Crippen molar-refractivity contribution in [2.24, 2.45) is 0 Å². The Hall–Kier alpha value is -1.88. The molecule has 76 valence electrons. The van der Waals surface area contributed by atoms with Gasteiger partial charge in [0.15, 0.2) is 0 Å². The van der Waals surface area contributed by atoms with Gasteiger partial charge < -0.3 is 5.11 Å². The van der Waals surface area contributed by atoms with Crippen LogP contribution in [0.5, 0.6) is 5.75 Å². The van der Waals surface area contributed by atoms with Gasteiger partial charge in [0.05, 0.1) is 16.1 Å². The Bertz CT molecular complexity index is 556. The van der Waals surface area contributed by atoms with E-state index in [4.69, 9.17) is 11.6 Å². The molecule has 2 rings (SSSR count). The van der Waals surface area contributed by atoms with E-state index in [2.05, 4.69) is 4.98 Å². The normalized spacial score (nSPS) is 10.5. The lowest BCUT2D eigenvalue weighted by Crippen LogP contribution is -1.91. The summed E-state index contributed by atoms with van der Waals surface area (Å²) in [5, 5.41) is 20.5. The van der Waals surface area contributed by atoms with Gasteiger partial charge in [-0.25, -0.2) is 4.98 Å². The number of nitrogens with zero attached hydrogens (tertiary/aromatic N) is 2. The largest absolute Gasteiger partial charge is 0.506 e. The van der Waals surface area contributed by atoms with Gasteiger partial charge >= 0.3 is 0 Å². The zero-order chi connectivity index (χ0) is 11.0. The van der Waals surface area contributed by atoms with Crippen LogP contribution in [0.1, 0.15) is 0 Å². The third kappa shape index (κ3) is 1.57. The number of benzene rings is 1. The van der Waals surface area contributed by atoms with Crippen LogP contribution in [0.4, 0.5) is 5.69 Å². The van der Waals surface area contributed by atoms with Crippen molar-refractivity contribution < 1.29 is 10.0 Å². The number of rotatable bonds is 1. The second-order valence-corrected chi connectivity index (χ2v) is 3.32. The second kappa shape index (κ2) is 3.36. The first-order valence-corrected chi connectivity index (χ1v) is 4.39. The quantitative estimate of drug-likeness (QED) is 0.596. The molecular formula is C9H5ClN2O3. The van der Waals surface area contributed by atoms with Crippen molar-refractivity contribution in [1.29, 1.82) is 0 Å². The van der Waals surface area contributed by atoms with Gasteiger partial charge in [-0.1, -0.05) is 11.6 Å². The first kappa shape index (κ1) is 9.67. The predicted octanol–water partition coefficient (Wildman–Crippen LogP) is 2.50. The molecule has 0 saturated carbocycles. The van der Waals surface area contributed by atoms with Crippen LogP contribution in [0.15, 0.2) is 24.4 Å². The smallest absolute Gasteiger partial charge is 0.295 e. The van der Waals surface area contributed by atoms with Gasteiger partial charge in [-0.2, -0.15) is 0 Å². The fraction of sp³-hybridized carbons (Fsp3) is 0. The molecule has 6 heteroatoms. The molecule has 0 aliphatic heterocycles. The van der Waals surface area contributed by atoms with Crippen molar-refractivity contribution >= 4 is 28.2 Å². The van der Waals surface area contributed by atoms with Crippen molar-refractivity contribution in [2.45, 2.75) is 0 Å². The highest BCUT2D eigenvalue weighted by molar-refractivity contribution is 6.35.